The number of ketones is 1. The molecular weight excluding hydrogens is 466 g/mol. The summed E-state index contributed by atoms with van der Waals surface area (Å²) >= 11 is 0. The van der Waals surface area contributed by atoms with Gasteiger partial charge >= 0.3 is 29.6 Å². The molecule has 2 aliphatic rings. The normalized spacial score (nSPS) is 18.7. The van der Waals surface area contributed by atoms with Gasteiger partial charge < -0.3 is 11.8 Å². The largest absolute Gasteiger partial charge is 1.00 e. The van der Waals surface area contributed by atoms with E-state index in [9.17, 15) is 23.4 Å². The molecule has 2 aromatic rings. The zero-order valence-corrected chi connectivity index (χ0v) is 22.6. The Labute approximate surface area is 224 Å². The molecule has 9 heteroatoms. The molecule has 0 saturated heterocycles. The summed E-state index contributed by atoms with van der Waals surface area (Å²) in [4.78, 5) is 14.4. The topological polar surface area (TPSA) is 102 Å². The van der Waals surface area contributed by atoms with Crippen LogP contribution in [0, 0.1) is 5.82 Å². The van der Waals surface area contributed by atoms with Crippen LogP contribution < -0.4 is 34.9 Å². The summed E-state index contributed by atoms with van der Waals surface area (Å²) in [6.07, 6.45) is 4.37. The number of anilines is 1. The Bertz CT molecular complexity index is 1160. The molecule has 34 heavy (non-hydrogen) atoms. The number of carbonyl (C=O) groups is 1. The zero-order valence-electron chi connectivity index (χ0n) is 20.8. The molecule has 0 fully saturated rings. The maximum Gasteiger partial charge on any atom is 1.00 e. The second-order valence-electron chi connectivity index (χ2n) is 8.61. The molecule has 2 aromatic carbocycles. The van der Waals surface area contributed by atoms with E-state index in [2.05, 4.69) is 9.71 Å². The van der Waals surface area contributed by atoms with Crippen molar-refractivity contribution < 1.29 is 54.4 Å². The minimum absolute atomic E-state index is 0. The molecule has 0 spiro atoms. The number of rotatable bonds is 7. The molecule has 0 unspecified atom stereocenters. The predicted molar refractivity (Wildman–Crippen MR) is 131 cm³/mol. The summed E-state index contributed by atoms with van der Waals surface area (Å²) in [5.41, 5.74) is 0.168. The minimum atomic E-state index is -3.59. The van der Waals surface area contributed by atoms with Gasteiger partial charge in [0.05, 0.1) is 11.1 Å². The van der Waals surface area contributed by atoms with Crippen LogP contribution in [0.5, 0.6) is 0 Å². The summed E-state index contributed by atoms with van der Waals surface area (Å²) in [6.45, 7) is 4.08. The summed E-state index contributed by atoms with van der Waals surface area (Å²) in [5.74, 6) is -1.37. The van der Waals surface area contributed by atoms with Crippen molar-refractivity contribution in [3.8, 4) is 0 Å². The average molecular weight is 497 g/mol. The molecule has 4 N–H and O–H groups in total. The quantitative estimate of drug-likeness (QED) is 0.435. The SMILES string of the molecule is CCCCC1(CCCC)C(=O)C(C2=NS(O)(O)c3ccccc3N2)=C(O)c2cc(F)ccc21.[H-].[Na+]. The summed E-state index contributed by atoms with van der Waals surface area (Å²) in [7, 11) is -3.59. The fourth-order valence-electron chi connectivity index (χ4n) is 4.78. The van der Waals surface area contributed by atoms with Gasteiger partial charge in [0.1, 0.15) is 22.0 Å². The summed E-state index contributed by atoms with van der Waals surface area (Å²) < 4.78 is 39.7. The van der Waals surface area contributed by atoms with Crippen LogP contribution in [-0.2, 0) is 10.2 Å². The molecule has 1 heterocycles. The van der Waals surface area contributed by atoms with E-state index >= 15 is 0 Å². The number of fused-ring (bicyclic) bond motifs is 2. The Morgan fingerprint density at radius 3 is 2.38 bits per heavy atom. The third-order valence-corrected chi connectivity index (χ3v) is 7.84. The van der Waals surface area contributed by atoms with Crippen LogP contribution in [0.4, 0.5) is 10.1 Å². The zero-order chi connectivity index (χ0) is 23.8. The molecule has 0 amide bonds. The summed E-state index contributed by atoms with van der Waals surface area (Å²) in [5, 5.41) is 14.2. The fourth-order valence-corrected chi connectivity index (χ4v) is 5.94. The van der Waals surface area contributed by atoms with Gasteiger partial charge in [0.2, 0.25) is 0 Å². The number of nitrogens with one attached hydrogen (secondary N) is 1. The fraction of sp³-hybridized carbons (Fsp3) is 0.360. The van der Waals surface area contributed by atoms with Crippen molar-refractivity contribution in [2.45, 2.75) is 62.7 Å². The molecule has 178 valence electrons. The van der Waals surface area contributed by atoms with Crippen LogP contribution in [0.1, 0.15) is 64.9 Å². The molecule has 0 saturated carbocycles. The molecule has 6 nitrogen and oxygen atoms in total. The van der Waals surface area contributed by atoms with E-state index in [-0.39, 0.29) is 58.6 Å². The number of nitrogens with zero attached hydrogens (tertiary/aromatic N) is 1. The van der Waals surface area contributed by atoms with E-state index in [1.54, 1.807) is 30.3 Å². The Balaban J connectivity index is 0.00000216. The Morgan fingerprint density at radius 2 is 1.74 bits per heavy atom. The Morgan fingerprint density at radius 1 is 1.09 bits per heavy atom. The number of unbranched alkanes of at least 4 members (excludes halogenated alkanes) is 2. The van der Waals surface area contributed by atoms with E-state index in [0.717, 1.165) is 25.7 Å². The van der Waals surface area contributed by atoms with Crippen LogP contribution in [0.25, 0.3) is 5.76 Å². The number of amidine groups is 1. The van der Waals surface area contributed by atoms with E-state index in [1.165, 1.54) is 12.1 Å². The first-order valence-corrected chi connectivity index (χ1v) is 12.8. The van der Waals surface area contributed by atoms with Crippen LogP contribution >= 0.6 is 10.8 Å². The maximum absolute atomic E-state index is 14.3. The minimum Gasteiger partial charge on any atom is -1.00 e. The number of aliphatic hydroxyl groups excluding tert-OH is 1. The Kier molecular flexibility index (Phi) is 8.33. The number of halogens is 1. The monoisotopic (exact) mass is 496 g/mol. The first-order chi connectivity index (χ1) is 15.7. The number of hydrogen-bond donors (Lipinski definition) is 4. The van der Waals surface area contributed by atoms with Crippen molar-refractivity contribution in [2.24, 2.45) is 4.40 Å². The Hall–Kier alpha value is -1.68. The van der Waals surface area contributed by atoms with Crippen LogP contribution in [0.2, 0.25) is 0 Å². The number of benzene rings is 2. The molecule has 0 atom stereocenters. The standard InChI is InChI=1S/C25H29FN2O4S.Na.H/c1-3-5-13-25(14-6-4-2)18-12-11-16(26)15-17(18)22(29)21(23(25)30)24-27-19-9-7-8-10-20(19)33(31,32)28-24;;/h7-12,15,29,31-32H,3-6,13-14H2,1-2H3,(H,27,28);;/q;+1;-1. The van der Waals surface area contributed by atoms with Gasteiger partial charge in [-0.05, 0) is 42.7 Å². The van der Waals surface area contributed by atoms with Gasteiger partial charge in [-0.3, -0.25) is 13.9 Å². The third kappa shape index (κ3) is 4.59. The number of aliphatic hydroxyl groups is 1. The van der Waals surface area contributed by atoms with Crippen molar-refractivity contribution >= 4 is 33.8 Å². The van der Waals surface area contributed by atoms with Crippen molar-refractivity contribution in [3.63, 3.8) is 0 Å². The molecular formula is C25H30FN2NaO4S. The number of para-hydroxylation sites is 1. The van der Waals surface area contributed by atoms with Crippen molar-refractivity contribution in [3.05, 3.63) is 65.0 Å². The average Bonchev–Trinajstić information content (AvgIpc) is 2.79. The van der Waals surface area contributed by atoms with Gasteiger partial charge in [0.25, 0.3) is 0 Å². The van der Waals surface area contributed by atoms with Crippen molar-refractivity contribution in [1.29, 1.82) is 0 Å². The first-order valence-electron chi connectivity index (χ1n) is 11.3. The maximum atomic E-state index is 14.3. The molecule has 0 radical (unpaired) electrons. The van der Waals surface area contributed by atoms with Gasteiger partial charge in [-0.1, -0.05) is 68.5 Å². The number of Topliss-reactive ketones (excluding diaryl/α,β-unsaturated/α-hetero) is 1. The van der Waals surface area contributed by atoms with Crippen LogP contribution in [-0.4, -0.2) is 25.8 Å². The number of carbonyl (C=O) groups excluding carboxylic acids is 1. The second kappa shape index (κ2) is 10.5. The molecule has 1 aliphatic heterocycles. The first kappa shape index (κ1) is 26.9. The molecule has 0 aromatic heterocycles. The molecule has 1 aliphatic carbocycles. The van der Waals surface area contributed by atoms with Crippen LogP contribution in [0.3, 0.4) is 0 Å². The third-order valence-electron chi connectivity index (χ3n) is 6.46. The van der Waals surface area contributed by atoms with Gasteiger partial charge in [0.15, 0.2) is 11.6 Å². The van der Waals surface area contributed by atoms with E-state index in [0.29, 0.717) is 24.1 Å². The van der Waals surface area contributed by atoms with Gasteiger partial charge in [0, 0.05) is 5.56 Å². The van der Waals surface area contributed by atoms with E-state index < -0.39 is 27.8 Å². The van der Waals surface area contributed by atoms with Gasteiger partial charge in [-0.15, -0.1) is 4.40 Å². The van der Waals surface area contributed by atoms with Crippen molar-refractivity contribution in [2.75, 3.05) is 5.32 Å². The smallest absolute Gasteiger partial charge is 1.00 e. The van der Waals surface area contributed by atoms with Gasteiger partial charge in [-0.2, -0.15) is 0 Å². The van der Waals surface area contributed by atoms with E-state index in [1.807, 2.05) is 13.8 Å². The molecule has 0 bridgehead atoms. The molecule has 4 rings (SSSR count). The summed E-state index contributed by atoms with van der Waals surface area (Å²) in [6, 6.07) is 10.7. The second-order valence-corrected chi connectivity index (χ2v) is 10.3. The van der Waals surface area contributed by atoms with Crippen LogP contribution in [0.15, 0.2) is 57.3 Å². The van der Waals surface area contributed by atoms with Crippen molar-refractivity contribution in [1.82, 2.24) is 0 Å². The van der Waals surface area contributed by atoms with E-state index in [4.69, 9.17) is 0 Å². The predicted octanol–water partition coefficient (Wildman–Crippen LogP) is 3.96. The number of hydrogen-bond acceptors (Lipinski definition) is 6. The van der Waals surface area contributed by atoms with Gasteiger partial charge in [-0.25, -0.2) is 4.39 Å².